The number of anilines is 1. The molecule has 0 saturated heterocycles. The zero-order valence-corrected chi connectivity index (χ0v) is 10.5. The van der Waals surface area contributed by atoms with E-state index in [-0.39, 0.29) is 22.0 Å². The Morgan fingerprint density at radius 2 is 2.06 bits per heavy atom. The van der Waals surface area contributed by atoms with Crippen LogP contribution in [0.2, 0.25) is 5.02 Å². The number of nitro groups is 1. The highest BCUT2D eigenvalue weighted by atomic mass is 35.5. The average molecular weight is 268 g/mol. The summed E-state index contributed by atoms with van der Waals surface area (Å²) in [4.78, 5) is 22.4. The van der Waals surface area contributed by atoms with Gasteiger partial charge in [0.1, 0.15) is 0 Å². The maximum atomic E-state index is 11.9. The second-order valence-electron chi connectivity index (χ2n) is 3.82. The molecule has 0 aliphatic heterocycles. The number of rotatable bonds is 2. The van der Waals surface area contributed by atoms with Gasteiger partial charge in [-0.1, -0.05) is 11.6 Å². The van der Waals surface area contributed by atoms with Crippen LogP contribution in [0.3, 0.4) is 0 Å². The third kappa shape index (κ3) is 1.80. The molecule has 7 heteroatoms. The molecule has 0 radical (unpaired) electrons. The highest BCUT2D eigenvalue weighted by molar-refractivity contribution is 6.34. The number of aromatic nitrogens is 1. The second kappa shape index (κ2) is 4.30. The Morgan fingerprint density at radius 1 is 1.39 bits per heavy atom. The summed E-state index contributed by atoms with van der Waals surface area (Å²) in [6.45, 7) is 0. The molecule has 0 amide bonds. The first-order valence-corrected chi connectivity index (χ1v) is 5.48. The summed E-state index contributed by atoms with van der Waals surface area (Å²) in [7, 11) is 3.12. The molecule has 0 saturated carbocycles. The number of aryl methyl sites for hydroxylation is 1. The lowest BCUT2D eigenvalue weighted by molar-refractivity contribution is -0.383. The highest BCUT2D eigenvalue weighted by Gasteiger charge is 2.17. The fourth-order valence-corrected chi connectivity index (χ4v) is 2.06. The van der Waals surface area contributed by atoms with Crippen molar-refractivity contribution in [2.24, 2.45) is 7.05 Å². The number of halogens is 1. The van der Waals surface area contributed by atoms with Crippen LogP contribution in [0.5, 0.6) is 0 Å². The van der Waals surface area contributed by atoms with E-state index in [0.717, 1.165) is 0 Å². The zero-order valence-electron chi connectivity index (χ0n) is 9.73. The number of pyridine rings is 1. The van der Waals surface area contributed by atoms with Gasteiger partial charge in [0.25, 0.3) is 11.2 Å². The van der Waals surface area contributed by atoms with Crippen molar-refractivity contribution in [3.8, 4) is 0 Å². The van der Waals surface area contributed by atoms with Crippen LogP contribution >= 0.6 is 11.6 Å². The van der Waals surface area contributed by atoms with Gasteiger partial charge in [-0.05, 0) is 12.1 Å². The molecule has 1 aromatic carbocycles. The number of benzene rings is 1. The molecule has 0 bridgehead atoms. The molecule has 0 aliphatic carbocycles. The van der Waals surface area contributed by atoms with Gasteiger partial charge in [-0.3, -0.25) is 14.9 Å². The van der Waals surface area contributed by atoms with Crippen LogP contribution in [0.1, 0.15) is 0 Å². The minimum Gasteiger partial charge on any atom is -0.387 e. The fourth-order valence-electron chi connectivity index (χ4n) is 1.80. The van der Waals surface area contributed by atoms with E-state index in [0.29, 0.717) is 10.7 Å². The molecule has 0 atom stereocenters. The molecule has 0 spiro atoms. The quantitative estimate of drug-likeness (QED) is 0.668. The summed E-state index contributed by atoms with van der Waals surface area (Å²) in [6.07, 6.45) is 1.21. The van der Waals surface area contributed by atoms with E-state index >= 15 is 0 Å². The molecule has 1 heterocycles. The Labute approximate surface area is 107 Å². The Balaban J connectivity index is 2.99. The monoisotopic (exact) mass is 267 g/mol. The van der Waals surface area contributed by atoms with Crippen molar-refractivity contribution >= 4 is 33.7 Å². The third-order valence-corrected chi connectivity index (χ3v) is 3.03. The maximum absolute atomic E-state index is 11.9. The van der Waals surface area contributed by atoms with E-state index in [1.807, 2.05) is 0 Å². The largest absolute Gasteiger partial charge is 0.387 e. The van der Waals surface area contributed by atoms with Crippen LogP contribution in [-0.2, 0) is 7.05 Å². The molecular weight excluding hydrogens is 258 g/mol. The van der Waals surface area contributed by atoms with Crippen LogP contribution < -0.4 is 10.9 Å². The van der Waals surface area contributed by atoms with E-state index in [4.69, 9.17) is 11.6 Å². The summed E-state index contributed by atoms with van der Waals surface area (Å²) >= 11 is 5.98. The maximum Gasteiger partial charge on any atom is 0.293 e. The van der Waals surface area contributed by atoms with E-state index in [1.165, 1.54) is 29.9 Å². The predicted molar refractivity (Wildman–Crippen MR) is 70.4 cm³/mol. The molecule has 1 N–H and O–H groups in total. The van der Waals surface area contributed by atoms with E-state index in [1.54, 1.807) is 7.05 Å². The Kier molecular flexibility index (Phi) is 2.96. The zero-order chi connectivity index (χ0) is 13.4. The number of hydrogen-bond acceptors (Lipinski definition) is 4. The average Bonchev–Trinajstić information content (AvgIpc) is 2.33. The lowest BCUT2D eigenvalue weighted by Gasteiger charge is -2.07. The molecule has 0 unspecified atom stereocenters. The predicted octanol–water partition coefficient (Wildman–Crippen LogP) is 2.14. The van der Waals surface area contributed by atoms with Gasteiger partial charge in [0, 0.05) is 14.1 Å². The highest BCUT2D eigenvalue weighted by Crippen LogP contribution is 2.31. The lowest BCUT2D eigenvalue weighted by atomic mass is 10.1. The van der Waals surface area contributed by atoms with E-state index in [2.05, 4.69) is 5.32 Å². The normalized spacial score (nSPS) is 10.6. The van der Waals surface area contributed by atoms with Crippen molar-refractivity contribution in [2.45, 2.75) is 0 Å². The van der Waals surface area contributed by atoms with Crippen molar-refractivity contribution in [1.82, 2.24) is 4.57 Å². The fraction of sp³-hybridized carbons (Fsp3) is 0.182. The van der Waals surface area contributed by atoms with Crippen molar-refractivity contribution in [1.29, 1.82) is 0 Å². The number of nitrogens with zero attached hydrogens (tertiary/aromatic N) is 2. The lowest BCUT2D eigenvalue weighted by Crippen LogP contribution is -2.17. The van der Waals surface area contributed by atoms with Crippen molar-refractivity contribution in [2.75, 3.05) is 12.4 Å². The van der Waals surface area contributed by atoms with Gasteiger partial charge in [0.15, 0.2) is 0 Å². The molecule has 0 fully saturated rings. The van der Waals surface area contributed by atoms with Gasteiger partial charge in [-0.15, -0.1) is 0 Å². The minimum absolute atomic E-state index is 0.125. The van der Waals surface area contributed by atoms with Crippen molar-refractivity contribution < 1.29 is 4.92 Å². The number of fused-ring (bicyclic) bond motifs is 1. The molecule has 2 aromatic rings. The topological polar surface area (TPSA) is 77.2 Å². The van der Waals surface area contributed by atoms with Crippen molar-refractivity contribution in [3.05, 3.63) is 43.8 Å². The van der Waals surface area contributed by atoms with Gasteiger partial charge in [-0.25, -0.2) is 0 Å². The first-order chi connectivity index (χ1) is 8.45. The third-order valence-electron chi connectivity index (χ3n) is 2.72. The molecule has 94 valence electrons. The summed E-state index contributed by atoms with van der Waals surface area (Å²) < 4.78 is 1.18. The molecule has 6 nitrogen and oxygen atoms in total. The molecule has 2 rings (SSSR count). The van der Waals surface area contributed by atoms with Gasteiger partial charge in [0.05, 0.1) is 32.6 Å². The molecule has 0 aliphatic rings. The molecule has 18 heavy (non-hydrogen) atoms. The summed E-state index contributed by atoms with van der Waals surface area (Å²) in [5.41, 5.74) is 0.0981. The van der Waals surface area contributed by atoms with Crippen LogP contribution in [-0.4, -0.2) is 16.5 Å². The van der Waals surface area contributed by atoms with E-state index < -0.39 is 4.92 Å². The van der Waals surface area contributed by atoms with Crippen LogP contribution in [0.25, 0.3) is 10.8 Å². The standard InChI is InChI=1S/C11H10ClN3O3/c1-13-9-4-6-7(3-8(9)12)11(16)14(2)5-10(6)15(17)18/h3-5,13H,1-2H3. The number of nitrogens with one attached hydrogen (secondary N) is 1. The van der Waals surface area contributed by atoms with Crippen molar-refractivity contribution in [3.63, 3.8) is 0 Å². The Morgan fingerprint density at radius 3 is 2.61 bits per heavy atom. The summed E-state index contributed by atoms with van der Waals surface area (Å²) in [5.74, 6) is 0. The molecule has 1 aromatic heterocycles. The SMILES string of the molecule is CNc1cc2c([N+](=O)[O-])cn(C)c(=O)c2cc1Cl. The van der Waals surface area contributed by atoms with Gasteiger partial charge < -0.3 is 9.88 Å². The second-order valence-corrected chi connectivity index (χ2v) is 4.22. The first-order valence-electron chi connectivity index (χ1n) is 5.10. The van der Waals surface area contributed by atoms with Crippen LogP contribution in [0, 0.1) is 10.1 Å². The van der Waals surface area contributed by atoms with E-state index in [9.17, 15) is 14.9 Å². The van der Waals surface area contributed by atoms with Gasteiger partial charge in [-0.2, -0.15) is 0 Å². The molecular formula is C11H10ClN3O3. The van der Waals surface area contributed by atoms with Crippen LogP contribution in [0.4, 0.5) is 11.4 Å². The first kappa shape index (κ1) is 12.4. The van der Waals surface area contributed by atoms with Gasteiger partial charge in [0.2, 0.25) is 0 Å². The Hall–Kier alpha value is -2.08. The van der Waals surface area contributed by atoms with Crippen LogP contribution in [0.15, 0.2) is 23.1 Å². The smallest absolute Gasteiger partial charge is 0.293 e. The summed E-state index contributed by atoms with van der Waals surface area (Å²) in [6, 6.07) is 2.95. The van der Waals surface area contributed by atoms with Gasteiger partial charge >= 0.3 is 0 Å². The summed E-state index contributed by atoms with van der Waals surface area (Å²) in [5, 5.41) is 14.7. The Bertz CT molecular complexity index is 709. The minimum atomic E-state index is -0.519. The number of hydrogen-bond donors (Lipinski definition) is 1.